The molecular weight excluding hydrogens is 1200 g/mol. The van der Waals surface area contributed by atoms with Crippen molar-refractivity contribution in [2.75, 3.05) is 17.8 Å². The van der Waals surface area contributed by atoms with E-state index in [9.17, 15) is 43.5 Å². The molecule has 0 saturated heterocycles. The Morgan fingerprint density at radius 3 is 1.81 bits per heavy atom. The fraction of sp³-hybridized carbons (Fsp3) is 0.660. The third kappa shape index (κ3) is 24.5. The molecule has 1 aliphatic rings. The number of hydrogen-bond donors (Lipinski definition) is 13. The molecule has 83 heavy (non-hydrogen) atoms. The fourth-order valence-corrected chi connectivity index (χ4v) is 10.7. The van der Waals surface area contributed by atoms with Crippen LogP contribution in [-0.4, -0.2) is 166 Å². The molecule has 1 aromatic heterocycles. The minimum absolute atomic E-state index is 0.0977. The zero-order valence-electron chi connectivity index (χ0n) is 50.0. The van der Waals surface area contributed by atoms with Crippen molar-refractivity contribution in [1.82, 2.24) is 68.4 Å². The molecular formula is C53H87N14O9S7+. The molecule has 23 nitrogen and oxygen atoms in total. The first-order chi connectivity index (χ1) is 38.7. The number of hydrogen-bond acceptors (Lipinski definition) is 16. The van der Waals surface area contributed by atoms with Crippen molar-refractivity contribution in [3.05, 3.63) is 29.8 Å². The summed E-state index contributed by atoms with van der Waals surface area (Å²) in [4.78, 5) is 109. The van der Waals surface area contributed by atoms with Crippen LogP contribution in [0.2, 0.25) is 0 Å². The van der Waals surface area contributed by atoms with E-state index in [1.165, 1.54) is 25.5 Å². The van der Waals surface area contributed by atoms with Crippen LogP contribution in [0.4, 0.5) is 0 Å². The van der Waals surface area contributed by atoms with Gasteiger partial charge in [-0.1, -0.05) is 109 Å². The zero-order valence-corrected chi connectivity index (χ0v) is 55.7. The van der Waals surface area contributed by atoms with E-state index in [0.29, 0.717) is 38.5 Å². The molecule has 2 rings (SSSR count). The Hall–Kier alpha value is -4.98. The van der Waals surface area contributed by atoms with Gasteiger partial charge in [-0.3, -0.25) is 38.4 Å². The lowest BCUT2D eigenvalue weighted by molar-refractivity contribution is -0.671. The van der Waals surface area contributed by atoms with Crippen LogP contribution < -0.4 is 68.4 Å². The maximum absolute atomic E-state index is 14.2. The molecule has 1 aliphatic heterocycles. The van der Waals surface area contributed by atoms with Crippen molar-refractivity contribution in [2.24, 2.45) is 31.8 Å². The van der Waals surface area contributed by atoms with E-state index < -0.39 is 126 Å². The highest BCUT2D eigenvalue weighted by atomic mass is 32.2. The van der Waals surface area contributed by atoms with E-state index in [1.807, 2.05) is 54.7 Å². The van der Waals surface area contributed by atoms with Gasteiger partial charge in [0.2, 0.25) is 47.6 Å². The van der Waals surface area contributed by atoms with Crippen LogP contribution in [0.3, 0.4) is 0 Å². The Labute approximate surface area is 524 Å². The van der Waals surface area contributed by atoms with E-state index in [2.05, 4.69) is 63.8 Å². The highest BCUT2D eigenvalue weighted by Gasteiger charge is 2.38. The second kappa shape index (κ2) is 36.1. The van der Waals surface area contributed by atoms with Gasteiger partial charge in [-0.05, 0) is 82.6 Å². The summed E-state index contributed by atoms with van der Waals surface area (Å²) in [7, 11) is 3.40. The molecule has 13 atom stereocenters. The number of aryl methyl sites for hydroxylation is 2. The van der Waals surface area contributed by atoms with Gasteiger partial charge in [0.15, 0.2) is 5.69 Å². The van der Waals surface area contributed by atoms with Crippen LogP contribution in [0.25, 0.3) is 0 Å². The number of rotatable bonds is 24. The smallest absolute Gasteiger partial charge is 0.287 e. The number of thioether (sulfide) groups is 2. The second-order valence-electron chi connectivity index (χ2n) is 21.4. The summed E-state index contributed by atoms with van der Waals surface area (Å²) < 4.78 is 3.26. The van der Waals surface area contributed by atoms with Gasteiger partial charge in [0, 0.05) is 18.9 Å². The summed E-state index contributed by atoms with van der Waals surface area (Å²) >= 11 is 31.4. The van der Waals surface area contributed by atoms with Gasteiger partial charge in [-0.25, -0.2) is 9.13 Å². The van der Waals surface area contributed by atoms with E-state index in [4.69, 9.17) is 61.1 Å². The SMILES string of the molecule is CCC(C)[C@@H]1NC(=O)[C@@H](NC(=O)[C@H](C)NC(=S)[C@H](C)NC(=S)[C@H](C)NC(=S)[C@H](C)NC(=S)[C@H](CCSC)NC(=S)[C@@H](NC(=O)C(C)=O)C(C)C)CS/C=C\NC(=O)C(C(O)c2c[n+](C)cn2C)NC(=O)[C@H](CC(C)C)NC(=O)[C@H](C)NC1=O. The van der Waals surface area contributed by atoms with Gasteiger partial charge in [-0.2, -0.15) is 11.8 Å². The van der Waals surface area contributed by atoms with Crippen molar-refractivity contribution in [3.63, 3.8) is 0 Å². The third-order valence-corrected chi connectivity index (χ3v) is 17.0. The molecule has 7 amide bonds. The number of imidazole rings is 1. The Balaban J connectivity index is 2.27. The monoisotopic (exact) mass is 1290 g/mol. The number of aliphatic hydroxyl groups is 1. The van der Waals surface area contributed by atoms with Crippen molar-refractivity contribution in [1.29, 1.82) is 0 Å². The number of Topliss-reactive ketones (excluding diaryl/α,β-unsaturated/α-hetero) is 1. The third-order valence-electron chi connectivity index (χ3n) is 13.3. The summed E-state index contributed by atoms with van der Waals surface area (Å²) in [5, 5.41) is 47.9. The van der Waals surface area contributed by atoms with Crippen LogP contribution >= 0.6 is 84.6 Å². The predicted molar refractivity (Wildman–Crippen MR) is 346 cm³/mol. The molecule has 0 radical (unpaired) electrons. The number of nitrogens with zero attached hydrogens (tertiary/aromatic N) is 2. The van der Waals surface area contributed by atoms with Crippen molar-refractivity contribution in [2.45, 2.75) is 175 Å². The van der Waals surface area contributed by atoms with Crippen molar-refractivity contribution >= 4 is 157 Å². The zero-order chi connectivity index (χ0) is 63.2. The molecule has 0 fully saturated rings. The first kappa shape index (κ1) is 74.1. The number of amides is 7. The van der Waals surface area contributed by atoms with Crippen LogP contribution in [-0.2, 0) is 52.5 Å². The van der Waals surface area contributed by atoms with E-state index in [0.717, 1.165) is 17.5 Å². The standard InChI is InChI=1S/C53H86N14O9S7/c1-16-27(6)39-48(76)55-28(7)42(70)60-35(21-25(2)3)45(73)65-40(41(69)37-22-66(13)24-67(37)14)47(75)54-18-20-83-23-36(46(74)64-39)61-43(71)29(8)56-49(77)30(9)57-50(78)31(10)58-51(79)32(11)59-52(80)34(17-19-82-15)62-53(81)38(26(4)5)63-44(72)33(12)68/h18,20,22,24-32,34-36,38-41,69H,16-17,19,21,23H2,1-15H3,(H11-,54,55,56,57,58,59,60,61,62,63,64,65,70,71,72,73,74,75,76,77,78,79,80,81)/p+1/b20-18-/t27?,28-,29-,30-,31-,32-,34-,35-,36-,38-,39-,40?,41?/m0/s1. The number of carbonyl (C=O) groups excluding carboxylic acids is 8. The maximum atomic E-state index is 14.2. The second-order valence-corrected chi connectivity index (χ2v) is 25.5. The molecule has 0 saturated carbocycles. The molecule has 30 heteroatoms. The Morgan fingerprint density at radius 2 is 1.30 bits per heavy atom. The maximum Gasteiger partial charge on any atom is 0.287 e. The number of thiocarbonyl (C=S) groups is 5. The molecule has 464 valence electrons. The topological polar surface area (TPSA) is 310 Å². The van der Waals surface area contributed by atoms with Gasteiger partial charge < -0.3 is 68.9 Å². The van der Waals surface area contributed by atoms with Gasteiger partial charge >= 0.3 is 0 Å². The quantitative estimate of drug-likeness (QED) is 0.0386. The summed E-state index contributed by atoms with van der Waals surface area (Å²) in [6.07, 6.45) is 6.16. The number of ketones is 1. The molecule has 0 aliphatic carbocycles. The highest BCUT2D eigenvalue weighted by Crippen LogP contribution is 2.18. The van der Waals surface area contributed by atoms with Crippen LogP contribution in [0, 0.1) is 17.8 Å². The largest absolute Gasteiger partial charge is 0.382 e. The van der Waals surface area contributed by atoms with Gasteiger partial charge in [-0.15, -0.1) is 11.8 Å². The number of carbonyl (C=O) groups is 8. The Kier molecular flexibility index (Phi) is 32.2. The van der Waals surface area contributed by atoms with Crippen molar-refractivity contribution in [3.8, 4) is 0 Å². The van der Waals surface area contributed by atoms with E-state index >= 15 is 0 Å². The minimum Gasteiger partial charge on any atom is -0.382 e. The first-order valence-corrected chi connectivity index (χ1v) is 31.8. The van der Waals surface area contributed by atoms with Gasteiger partial charge in [0.1, 0.15) is 48.6 Å². The lowest BCUT2D eigenvalue weighted by Gasteiger charge is -2.30. The Morgan fingerprint density at radius 1 is 0.747 bits per heavy atom. The molecule has 1 aromatic rings. The number of aliphatic hydroxyl groups excluding tert-OH is 1. The normalized spacial score (nSPS) is 21.7. The van der Waals surface area contributed by atoms with Gasteiger partial charge in [0.25, 0.3) is 5.91 Å². The van der Waals surface area contributed by atoms with E-state index in [-0.39, 0.29) is 29.0 Å². The minimum atomic E-state index is -1.55. The Bertz CT molecular complexity index is 2550. The molecule has 13 N–H and O–H groups in total. The van der Waals surface area contributed by atoms with Crippen LogP contribution in [0.1, 0.15) is 114 Å². The van der Waals surface area contributed by atoms with E-state index in [1.54, 1.807) is 68.3 Å². The molecule has 3 unspecified atom stereocenters. The number of aromatic nitrogens is 2. The predicted octanol–water partition coefficient (Wildman–Crippen LogP) is 0.744. The summed E-state index contributed by atoms with van der Waals surface area (Å²) in [6.45, 7) is 20.6. The first-order valence-electron chi connectivity index (χ1n) is 27.3. The lowest BCUT2D eigenvalue weighted by atomic mass is 9.97. The van der Waals surface area contributed by atoms with Crippen molar-refractivity contribution < 1.29 is 48.0 Å². The molecule has 2 heterocycles. The van der Waals surface area contributed by atoms with Gasteiger partial charge in [0.05, 0.1) is 69.2 Å². The average molecular weight is 1290 g/mol. The summed E-state index contributed by atoms with van der Waals surface area (Å²) in [6, 6.07) is -9.89. The lowest BCUT2D eigenvalue weighted by Crippen LogP contribution is -2.61. The number of nitrogens with one attached hydrogen (secondary N) is 12. The average Bonchev–Trinajstić information content (AvgIpc) is 3.78. The molecule has 0 bridgehead atoms. The molecule has 0 aromatic carbocycles. The summed E-state index contributed by atoms with van der Waals surface area (Å²) in [5.41, 5.74) is 0.303. The highest BCUT2D eigenvalue weighted by molar-refractivity contribution is 8.02. The van der Waals surface area contributed by atoms with Crippen LogP contribution in [0.5, 0.6) is 0 Å². The van der Waals surface area contributed by atoms with Crippen LogP contribution in [0.15, 0.2) is 24.1 Å². The fourth-order valence-electron chi connectivity index (χ4n) is 8.02. The summed E-state index contributed by atoms with van der Waals surface area (Å²) in [5.74, 6) is -5.63. The molecule has 0 spiro atoms.